The molecule has 1 N–H and O–H groups in total. The van der Waals surface area contributed by atoms with E-state index in [4.69, 9.17) is 32.4 Å². The molecule has 0 aliphatic heterocycles. The van der Waals surface area contributed by atoms with E-state index >= 15 is 0 Å². The highest BCUT2D eigenvalue weighted by atomic mass is 35.5. The molecule has 106 valence electrons. The van der Waals surface area contributed by atoms with Crippen molar-refractivity contribution in [1.29, 1.82) is 0 Å². The normalized spacial score (nSPS) is 14.5. The molecule has 3 rings (SSSR count). The van der Waals surface area contributed by atoms with Crippen LogP contribution in [0.25, 0.3) is 0 Å². The Labute approximate surface area is 127 Å². The number of benzene rings is 1. The Bertz CT molecular complexity index is 593. The van der Waals surface area contributed by atoms with Crippen LogP contribution in [0.5, 0.6) is 5.75 Å². The van der Waals surface area contributed by atoms with Gasteiger partial charge in [0.25, 0.3) is 0 Å². The summed E-state index contributed by atoms with van der Waals surface area (Å²) in [7, 11) is 0. The van der Waals surface area contributed by atoms with Crippen LogP contribution in [-0.4, -0.2) is 6.04 Å². The number of rotatable bonds is 6. The third kappa shape index (κ3) is 3.48. The van der Waals surface area contributed by atoms with Gasteiger partial charge in [-0.15, -0.1) is 0 Å². The largest absolute Gasteiger partial charge is 0.486 e. The first-order valence-electron chi connectivity index (χ1n) is 6.59. The summed E-state index contributed by atoms with van der Waals surface area (Å²) >= 11 is 11.8. The number of halogens is 2. The van der Waals surface area contributed by atoms with E-state index < -0.39 is 0 Å². The Morgan fingerprint density at radius 3 is 2.80 bits per heavy atom. The molecule has 1 aliphatic rings. The lowest BCUT2D eigenvalue weighted by Gasteiger charge is -2.07. The second-order valence-electron chi connectivity index (χ2n) is 4.89. The van der Waals surface area contributed by atoms with Gasteiger partial charge in [-0.2, -0.15) is 0 Å². The maximum absolute atomic E-state index is 5.95. The van der Waals surface area contributed by atoms with E-state index in [9.17, 15) is 0 Å². The van der Waals surface area contributed by atoms with Gasteiger partial charge in [-0.3, -0.25) is 0 Å². The molecular formula is C15H15Cl2NO2. The number of ether oxygens (including phenoxy) is 1. The van der Waals surface area contributed by atoms with Gasteiger partial charge in [0, 0.05) is 24.2 Å². The molecule has 1 heterocycles. The first kappa shape index (κ1) is 13.8. The van der Waals surface area contributed by atoms with Gasteiger partial charge < -0.3 is 14.5 Å². The molecule has 5 heteroatoms. The van der Waals surface area contributed by atoms with Crippen LogP contribution in [0.3, 0.4) is 0 Å². The van der Waals surface area contributed by atoms with E-state index in [0.29, 0.717) is 28.4 Å². The van der Waals surface area contributed by atoms with E-state index in [1.165, 1.54) is 12.8 Å². The van der Waals surface area contributed by atoms with Crippen molar-refractivity contribution in [3.05, 3.63) is 51.9 Å². The smallest absolute Gasteiger partial charge is 0.146 e. The first-order valence-corrected chi connectivity index (χ1v) is 7.34. The molecule has 3 nitrogen and oxygen atoms in total. The molecule has 0 spiro atoms. The fraction of sp³-hybridized carbons (Fsp3) is 0.333. The van der Waals surface area contributed by atoms with Crippen molar-refractivity contribution < 1.29 is 9.15 Å². The van der Waals surface area contributed by atoms with Crippen molar-refractivity contribution in [2.45, 2.75) is 32.0 Å². The molecule has 0 amide bonds. The van der Waals surface area contributed by atoms with E-state index in [0.717, 1.165) is 17.9 Å². The van der Waals surface area contributed by atoms with Crippen molar-refractivity contribution in [2.24, 2.45) is 0 Å². The van der Waals surface area contributed by atoms with Crippen LogP contribution in [0.15, 0.2) is 34.9 Å². The minimum Gasteiger partial charge on any atom is -0.486 e. The summed E-state index contributed by atoms with van der Waals surface area (Å²) in [6.07, 6.45) is 4.23. The lowest BCUT2D eigenvalue weighted by Crippen LogP contribution is -2.16. The van der Waals surface area contributed by atoms with Crippen molar-refractivity contribution in [2.75, 3.05) is 0 Å². The molecule has 1 aliphatic carbocycles. The van der Waals surface area contributed by atoms with Crippen molar-refractivity contribution >= 4 is 23.2 Å². The minimum absolute atomic E-state index is 0.382. The molecule has 1 saturated carbocycles. The van der Waals surface area contributed by atoms with Crippen LogP contribution in [0.1, 0.15) is 24.2 Å². The zero-order valence-electron chi connectivity index (χ0n) is 10.9. The Morgan fingerprint density at radius 1 is 1.20 bits per heavy atom. The number of hydrogen-bond acceptors (Lipinski definition) is 3. The Kier molecular flexibility index (Phi) is 4.20. The fourth-order valence-corrected chi connectivity index (χ4v) is 2.20. The summed E-state index contributed by atoms with van der Waals surface area (Å²) in [4.78, 5) is 0. The van der Waals surface area contributed by atoms with Crippen molar-refractivity contribution in [1.82, 2.24) is 5.32 Å². The average Bonchev–Trinajstić information content (AvgIpc) is 3.16. The summed E-state index contributed by atoms with van der Waals surface area (Å²) in [5, 5.41) is 4.47. The van der Waals surface area contributed by atoms with Crippen LogP contribution < -0.4 is 10.1 Å². The van der Waals surface area contributed by atoms with E-state index in [2.05, 4.69) is 5.32 Å². The Morgan fingerprint density at radius 2 is 2.05 bits per heavy atom. The van der Waals surface area contributed by atoms with Gasteiger partial charge in [-0.25, -0.2) is 0 Å². The Balaban J connectivity index is 1.59. The standard InChI is InChI=1S/C15H15Cl2NO2/c16-13-4-3-12(7-14(13)17)20-9-15-10(5-6-19-15)8-18-11-1-2-11/h3-7,11,18H,1-2,8-9H2. The lowest BCUT2D eigenvalue weighted by molar-refractivity contribution is 0.268. The van der Waals surface area contributed by atoms with Gasteiger partial charge in [-0.05, 0) is 31.0 Å². The molecule has 0 atom stereocenters. The van der Waals surface area contributed by atoms with E-state index in [1.54, 1.807) is 24.5 Å². The second kappa shape index (κ2) is 6.08. The van der Waals surface area contributed by atoms with Gasteiger partial charge in [-0.1, -0.05) is 23.2 Å². The molecule has 0 unspecified atom stereocenters. The highest BCUT2D eigenvalue weighted by Gasteiger charge is 2.21. The quantitative estimate of drug-likeness (QED) is 0.857. The molecule has 2 aromatic rings. The maximum atomic E-state index is 5.95. The number of nitrogens with one attached hydrogen (secondary N) is 1. The molecule has 0 radical (unpaired) electrons. The van der Waals surface area contributed by atoms with Gasteiger partial charge in [0.05, 0.1) is 16.3 Å². The summed E-state index contributed by atoms with van der Waals surface area (Å²) in [6.45, 7) is 1.20. The van der Waals surface area contributed by atoms with Crippen LogP contribution >= 0.6 is 23.2 Å². The fourth-order valence-electron chi connectivity index (χ4n) is 1.91. The first-order chi connectivity index (χ1) is 9.72. The molecule has 1 aromatic carbocycles. The maximum Gasteiger partial charge on any atom is 0.146 e. The highest BCUT2D eigenvalue weighted by molar-refractivity contribution is 6.42. The van der Waals surface area contributed by atoms with Gasteiger partial charge >= 0.3 is 0 Å². The van der Waals surface area contributed by atoms with Crippen molar-refractivity contribution in [3.63, 3.8) is 0 Å². The van der Waals surface area contributed by atoms with Gasteiger partial charge in [0.15, 0.2) is 0 Å². The number of hydrogen-bond donors (Lipinski definition) is 1. The van der Waals surface area contributed by atoms with Crippen molar-refractivity contribution in [3.8, 4) is 5.75 Å². The van der Waals surface area contributed by atoms with Gasteiger partial charge in [0.1, 0.15) is 18.1 Å². The summed E-state index contributed by atoms with van der Waals surface area (Å²) in [5.74, 6) is 1.51. The molecule has 1 aromatic heterocycles. The predicted octanol–water partition coefficient (Wildman–Crippen LogP) is 4.42. The SMILES string of the molecule is Clc1ccc(OCc2occc2CNC2CC2)cc1Cl. The predicted molar refractivity (Wildman–Crippen MR) is 79.4 cm³/mol. The zero-order chi connectivity index (χ0) is 13.9. The summed E-state index contributed by atoms with van der Waals surface area (Å²) in [5.41, 5.74) is 1.14. The van der Waals surface area contributed by atoms with Gasteiger partial charge in [0.2, 0.25) is 0 Å². The lowest BCUT2D eigenvalue weighted by atomic mass is 10.2. The molecule has 0 saturated heterocycles. The third-order valence-electron chi connectivity index (χ3n) is 3.26. The second-order valence-corrected chi connectivity index (χ2v) is 5.70. The van der Waals surface area contributed by atoms with Crippen LogP contribution in [0.2, 0.25) is 10.0 Å². The van der Waals surface area contributed by atoms with Crippen LogP contribution in [0, 0.1) is 0 Å². The summed E-state index contributed by atoms with van der Waals surface area (Å²) in [6, 6.07) is 7.86. The van der Waals surface area contributed by atoms with E-state index in [-0.39, 0.29) is 0 Å². The molecular weight excluding hydrogens is 297 g/mol. The van der Waals surface area contributed by atoms with E-state index in [1.807, 2.05) is 6.07 Å². The molecule has 1 fully saturated rings. The number of furan rings is 1. The zero-order valence-corrected chi connectivity index (χ0v) is 12.4. The summed E-state index contributed by atoms with van der Waals surface area (Å²) < 4.78 is 11.2. The molecule has 0 bridgehead atoms. The van der Waals surface area contributed by atoms with Crippen LogP contribution in [0.4, 0.5) is 0 Å². The topological polar surface area (TPSA) is 34.4 Å². The van der Waals surface area contributed by atoms with Crippen LogP contribution in [-0.2, 0) is 13.2 Å². The highest BCUT2D eigenvalue weighted by Crippen LogP contribution is 2.27. The molecule has 20 heavy (non-hydrogen) atoms. The minimum atomic E-state index is 0.382. The Hall–Kier alpha value is -1.16. The third-order valence-corrected chi connectivity index (χ3v) is 4.00. The monoisotopic (exact) mass is 311 g/mol. The average molecular weight is 312 g/mol.